The summed E-state index contributed by atoms with van der Waals surface area (Å²) in [5.74, 6) is 1.36. The van der Waals surface area contributed by atoms with Crippen LogP contribution in [0.2, 0.25) is 0 Å². The van der Waals surface area contributed by atoms with E-state index in [9.17, 15) is 4.79 Å². The number of hydrogen-bond donors (Lipinski definition) is 1. The molecule has 2 atom stereocenters. The first-order valence-electron chi connectivity index (χ1n) is 8.95. The Morgan fingerprint density at radius 3 is 1.90 bits per heavy atom. The van der Waals surface area contributed by atoms with Crippen molar-refractivity contribution in [1.29, 1.82) is 0 Å². The van der Waals surface area contributed by atoms with Crippen molar-refractivity contribution >= 4 is 5.97 Å². The zero-order chi connectivity index (χ0) is 14.6. The molecule has 1 N–H and O–H groups in total. The molecule has 0 aliphatic heterocycles. The molecule has 1 aliphatic rings. The standard InChI is InChI=1S/C18H34O2/c1-2-3-4-5-6-7-9-12-16-15-17(16)13-10-8-11-14-18(19)20/h16-17H,2-15H2,1H3,(H,19,20). The molecule has 1 saturated carbocycles. The average molecular weight is 282 g/mol. The summed E-state index contributed by atoms with van der Waals surface area (Å²) in [5.41, 5.74) is 0. The Bertz CT molecular complexity index is 250. The van der Waals surface area contributed by atoms with E-state index in [1.54, 1.807) is 0 Å². The van der Waals surface area contributed by atoms with Gasteiger partial charge in [-0.25, -0.2) is 0 Å². The van der Waals surface area contributed by atoms with Crippen LogP contribution in [0.1, 0.15) is 96.8 Å². The maximum Gasteiger partial charge on any atom is 0.303 e. The SMILES string of the molecule is CCCCCCCCCC1CC1CCCCCC(=O)O. The third-order valence-corrected chi connectivity index (χ3v) is 4.71. The maximum absolute atomic E-state index is 10.4. The smallest absolute Gasteiger partial charge is 0.303 e. The van der Waals surface area contributed by atoms with Gasteiger partial charge in [0.1, 0.15) is 0 Å². The number of hydrogen-bond acceptors (Lipinski definition) is 1. The number of unbranched alkanes of at least 4 members (excludes halogenated alkanes) is 8. The lowest BCUT2D eigenvalue weighted by molar-refractivity contribution is -0.137. The van der Waals surface area contributed by atoms with Gasteiger partial charge >= 0.3 is 5.97 Å². The number of carboxylic acids is 1. The van der Waals surface area contributed by atoms with Crippen molar-refractivity contribution < 1.29 is 9.90 Å². The quantitative estimate of drug-likeness (QED) is 0.409. The minimum Gasteiger partial charge on any atom is -0.481 e. The van der Waals surface area contributed by atoms with Crippen LogP contribution in [0.15, 0.2) is 0 Å². The van der Waals surface area contributed by atoms with Gasteiger partial charge in [0, 0.05) is 6.42 Å². The van der Waals surface area contributed by atoms with Crippen LogP contribution >= 0.6 is 0 Å². The van der Waals surface area contributed by atoms with Gasteiger partial charge in [-0.05, 0) is 24.7 Å². The first kappa shape index (κ1) is 17.5. The molecule has 0 saturated heterocycles. The van der Waals surface area contributed by atoms with E-state index in [4.69, 9.17) is 5.11 Å². The normalized spacial score (nSPS) is 21.1. The second kappa shape index (κ2) is 11.2. The summed E-state index contributed by atoms with van der Waals surface area (Å²) in [6.45, 7) is 2.27. The number of rotatable bonds is 14. The van der Waals surface area contributed by atoms with E-state index in [-0.39, 0.29) is 0 Å². The lowest BCUT2D eigenvalue weighted by Crippen LogP contribution is -1.93. The van der Waals surface area contributed by atoms with Crippen LogP contribution in [0.5, 0.6) is 0 Å². The zero-order valence-electron chi connectivity index (χ0n) is 13.4. The maximum atomic E-state index is 10.4. The number of aliphatic carboxylic acids is 1. The molecule has 0 aromatic heterocycles. The van der Waals surface area contributed by atoms with E-state index in [1.165, 1.54) is 70.6 Å². The highest BCUT2D eigenvalue weighted by atomic mass is 16.4. The summed E-state index contributed by atoms with van der Waals surface area (Å²) in [6.07, 6.45) is 17.7. The fourth-order valence-corrected chi connectivity index (χ4v) is 3.24. The van der Waals surface area contributed by atoms with Gasteiger partial charge in [-0.2, -0.15) is 0 Å². The molecule has 0 spiro atoms. The van der Waals surface area contributed by atoms with Crippen LogP contribution in [0, 0.1) is 11.8 Å². The van der Waals surface area contributed by atoms with Crippen molar-refractivity contribution in [2.24, 2.45) is 11.8 Å². The summed E-state index contributed by atoms with van der Waals surface area (Å²) in [4.78, 5) is 10.4. The largest absolute Gasteiger partial charge is 0.481 e. The van der Waals surface area contributed by atoms with E-state index >= 15 is 0 Å². The minimum absolute atomic E-state index is 0.353. The summed E-state index contributed by atoms with van der Waals surface area (Å²) in [6, 6.07) is 0. The van der Waals surface area contributed by atoms with Crippen LogP contribution in [-0.2, 0) is 4.79 Å². The monoisotopic (exact) mass is 282 g/mol. The Balaban J connectivity index is 1.78. The predicted octanol–water partition coefficient (Wildman–Crippen LogP) is 5.80. The summed E-state index contributed by atoms with van der Waals surface area (Å²) >= 11 is 0. The van der Waals surface area contributed by atoms with Gasteiger partial charge in [0.05, 0.1) is 0 Å². The Hall–Kier alpha value is -0.530. The van der Waals surface area contributed by atoms with E-state index in [2.05, 4.69) is 6.92 Å². The minimum atomic E-state index is -0.645. The van der Waals surface area contributed by atoms with E-state index < -0.39 is 5.97 Å². The molecular weight excluding hydrogens is 248 g/mol. The lowest BCUT2D eigenvalue weighted by atomic mass is 10.0. The Kier molecular flexibility index (Phi) is 9.78. The zero-order valence-corrected chi connectivity index (χ0v) is 13.4. The van der Waals surface area contributed by atoms with Crippen molar-refractivity contribution in [1.82, 2.24) is 0 Å². The highest BCUT2D eigenvalue weighted by Gasteiger charge is 2.34. The van der Waals surface area contributed by atoms with Crippen molar-refractivity contribution in [3.63, 3.8) is 0 Å². The van der Waals surface area contributed by atoms with Gasteiger partial charge in [-0.3, -0.25) is 4.79 Å². The van der Waals surface area contributed by atoms with Gasteiger partial charge in [0.15, 0.2) is 0 Å². The fraction of sp³-hybridized carbons (Fsp3) is 0.944. The molecule has 1 fully saturated rings. The van der Waals surface area contributed by atoms with Crippen molar-refractivity contribution in [2.75, 3.05) is 0 Å². The third kappa shape index (κ3) is 9.39. The van der Waals surface area contributed by atoms with Crippen LogP contribution in [0.25, 0.3) is 0 Å². The summed E-state index contributed by atoms with van der Waals surface area (Å²) in [5, 5.41) is 8.56. The van der Waals surface area contributed by atoms with Crippen LogP contribution in [0.3, 0.4) is 0 Å². The molecule has 0 aromatic carbocycles. The summed E-state index contributed by atoms with van der Waals surface area (Å²) in [7, 11) is 0. The molecule has 1 aliphatic carbocycles. The molecule has 2 heteroatoms. The van der Waals surface area contributed by atoms with E-state index in [1.807, 2.05) is 0 Å². The second-order valence-electron chi connectivity index (χ2n) is 6.66. The number of carbonyl (C=O) groups is 1. The third-order valence-electron chi connectivity index (χ3n) is 4.71. The van der Waals surface area contributed by atoms with Crippen LogP contribution < -0.4 is 0 Å². The van der Waals surface area contributed by atoms with Crippen LogP contribution in [0.4, 0.5) is 0 Å². The molecule has 2 unspecified atom stereocenters. The van der Waals surface area contributed by atoms with Gasteiger partial charge in [-0.15, -0.1) is 0 Å². The lowest BCUT2D eigenvalue weighted by Gasteiger charge is -2.02. The molecule has 0 aromatic rings. The Morgan fingerprint density at radius 1 is 0.850 bits per heavy atom. The van der Waals surface area contributed by atoms with Crippen molar-refractivity contribution in [3.05, 3.63) is 0 Å². The van der Waals surface area contributed by atoms with Crippen molar-refractivity contribution in [2.45, 2.75) is 96.8 Å². The second-order valence-corrected chi connectivity index (χ2v) is 6.66. The topological polar surface area (TPSA) is 37.3 Å². The molecule has 20 heavy (non-hydrogen) atoms. The molecule has 0 bridgehead atoms. The number of carboxylic acid groups (broad SMARTS) is 1. The first-order chi connectivity index (χ1) is 9.74. The van der Waals surface area contributed by atoms with Crippen molar-refractivity contribution in [3.8, 4) is 0 Å². The highest BCUT2D eigenvalue weighted by Crippen LogP contribution is 2.45. The molecular formula is C18H34O2. The van der Waals surface area contributed by atoms with Gasteiger partial charge in [0.2, 0.25) is 0 Å². The molecule has 1 rings (SSSR count). The van der Waals surface area contributed by atoms with Gasteiger partial charge in [0.25, 0.3) is 0 Å². The fourth-order valence-electron chi connectivity index (χ4n) is 3.24. The molecule has 118 valence electrons. The first-order valence-corrected chi connectivity index (χ1v) is 8.95. The van der Waals surface area contributed by atoms with Crippen LogP contribution in [-0.4, -0.2) is 11.1 Å². The highest BCUT2D eigenvalue weighted by molar-refractivity contribution is 5.66. The van der Waals surface area contributed by atoms with Gasteiger partial charge in [-0.1, -0.05) is 77.6 Å². The predicted molar refractivity (Wildman–Crippen MR) is 84.9 cm³/mol. The van der Waals surface area contributed by atoms with E-state index in [0.29, 0.717) is 6.42 Å². The van der Waals surface area contributed by atoms with Gasteiger partial charge < -0.3 is 5.11 Å². The van der Waals surface area contributed by atoms with E-state index in [0.717, 1.165) is 24.7 Å². The average Bonchev–Trinajstić information content (AvgIpc) is 3.15. The Labute approximate surface area is 125 Å². The molecule has 0 heterocycles. The summed E-state index contributed by atoms with van der Waals surface area (Å²) < 4.78 is 0. The Morgan fingerprint density at radius 2 is 1.35 bits per heavy atom. The molecule has 0 amide bonds. The molecule has 0 radical (unpaired) electrons. The molecule has 2 nitrogen and oxygen atoms in total.